The first kappa shape index (κ1) is 16.0. The van der Waals surface area contributed by atoms with Gasteiger partial charge in [-0.1, -0.05) is 0 Å². The lowest BCUT2D eigenvalue weighted by atomic mass is 10.4. The number of hydrogen-bond donors (Lipinski definition) is 3. The second-order valence-electron chi connectivity index (χ2n) is 4.14. The number of aliphatic hydroxyl groups is 3. The maximum Gasteiger partial charge on any atom is 0.191 e. The van der Waals surface area contributed by atoms with E-state index in [9.17, 15) is 0 Å². The highest BCUT2D eigenvalue weighted by Crippen LogP contribution is 2.17. The molecule has 3 N–H and O–H groups in total. The topological polar surface area (TPSA) is 79.2 Å². The van der Waals surface area contributed by atoms with E-state index in [2.05, 4.69) is 6.55 Å². The Labute approximate surface area is 98.1 Å². The van der Waals surface area contributed by atoms with Crippen LogP contribution in [0.5, 0.6) is 0 Å². The molecule has 0 aliphatic rings. The van der Waals surface area contributed by atoms with Crippen LogP contribution < -0.4 is 0 Å². The van der Waals surface area contributed by atoms with Gasteiger partial charge in [0.25, 0.3) is 0 Å². The molecule has 98 valence electrons. The molecule has 6 heteroatoms. The van der Waals surface area contributed by atoms with Gasteiger partial charge in [0.2, 0.25) is 0 Å². The van der Waals surface area contributed by atoms with Crippen LogP contribution in [0.25, 0.3) is 0 Å². The van der Waals surface area contributed by atoms with Crippen LogP contribution in [0.15, 0.2) is 0 Å². The smallest absolute Gasteiger partial charge is 0.191 e. The lowest BCUT2D eigenvalue weighted by Crippen LogP contribution is -2.34. The van der Waals surface area contributed by atoms with Gasteiger partial charge in [-0.2, -0.15) is 0 Å². The Morgan fingerprint density at radius 1 is 1.25 bits per heavy atom. The highest BCUT2D eigenvalue weighted by Gasteiger charge is 2.26. The average molecular weight is 252 g/mol. The molecular weight excluding hydrogens is 228 g/mol. The Balaban J connectivity index is 3.55. The number of ether oxygens (including phenoxy) is 1. The Kier molecular flexibility index (Phi) is 9.10. The lowest BCUT2D eigenvalue weighted by molar-refractivity contribution is 0.00634. The summed E-state index contributed by atoms with van der Waals surface area (Å²) in [6, 6.07) is 1.67. The van der Waals surface area contributed by atoms with Crippen molar-refractivity contribution < 1.29 is 24.5 Å². The van der Waals surface area contributed by atoms with E-state index in [1.54, 1.807) is 7.11 Å². The standard InChI is InChI=1S/C10H24O5Si/c1-14-16(2,7-4-11)6-3-5-15-9-10(13)8-12/h10-13H,3-9H2,1-2H3. The van der Waals surface area contributed by atoms with Crippen molar-refractivity contribution in [2.24, 2.45) is 0 Å². The SMILES string of the molecule is CO[Si](C)(CCO)CCCOCC(O)CO. The lowest BCUT2D eigenvalue weighted by Gasteiger charge is -2.24. The number of hydrogen-bond acceptors (Lipinski definition) is 5. The first-order valence-corrected chi connectivity index (χ1v) is 8.43. The monoisotopic (exact) mass is 252 g/mol. The van der Waals surface area contributed by atoms with Gasteiger partial charge in [-0.15, -0.1) is 0 Å². The van der Waals surface area contributed by atoms with Crippen LogP contribution in [0.1, 0.15) is 6.42 Å². The van der Waals surface area contributed by atoms with E-state index in [1.165, 1.54) is 0 Å². The number of rotatable bonds is 10. The minimum Gasteiger partial charge on any atom is -0.420 e. The molecule has 16 heavy (non-hydrogen) atoms. The third kappa shape index (κ3) is 7.32. The summed E-state index contributed by atoms with van der Waals surface area (Å²) < 4.78 is 10.7. The molecule has 0 bridgehead atoms. The number of aliphatic hydroxyl groups excluding tert-OH is 3. The fraction of sp³-hybridized carbons (Fsp3) is 1.00. The Morgan fingerprint density at radius 3 is 2.44 bits per heavy atom. The van der Waals surface area contributed by atoms with Crippen molar-refractivity contribution >= 4 is 8.32 Å². The van der Waals surface area contributed by atoms with Crippen molar-refractivity contribution in [2.45, 2.75) is 31.2 Å². The van der Waals surface area contributed by atoms with E-state index in [0.29, 0.717) is 6.61 Å². The van der Waals surface area contributed by atoms with Gasteiger partial charge in [-0.25, -0.2) is 0 Å². The molecule has 0 heterocycles. The van der Waals surface area contributed by atoms with Crippen LogP contribution in [-0.4, -0.2) is 63.3 Å². The van der Waals surface area contributed by atoms with Gasteiger partial charge in [-0.05, 0) is 25.1 Å². The third-order valence-electron chi connectivity index (χ3n) is 2.65. The van der Waals surface area contributed by atoms with Crippen LogP contribution in [0.3, 0.4) is 0 Å². The molecule has 0 amide bonds. The molecule has 5 nitrogen and oxygen atoms in total. The molecule has 0 fully saturated rings. The second-order valence-corrected chi connectivity index (χ2v) is 8.45. The predicted molar refractivity (Wildman–Crippen MR) is 63.9 cm³/mol. The first-order valence-electron chi connectivity index (χ1n) is 5.60. The molecule has 2 unspecified atom stereocenters. The van der Waals surface area contributed by atoms with E-state index in [4.69, 9.17) is 24.5 Å². The molecule has 0 aromatic heterocycles. The maximum absolute atomic E-state index is 9.02. The average Bonchev–Trinajstić information content (AvgIpc) is 2.28. The summed E-state index contributed by atoms with van der Waals surface area (Å²) >= 11 is 0. The van der Waals surface area contributed by atoms with Crippen molar-refractivity contribution in [1.29, 1.82) is 0 Å². The Morgan fingerprint density at radius 2 is 1.94 bits per heavy atom. The van der Waals surface area contributed by atoms with Crippen molar-refractivity contribution in [3.63, 3.8) is 0 Å². The molecule has 0 aromatic carbocycles. The zero-order chi connectivity index (χ0) is 12.4. The van der Waals surface area contributed by atoms with E-state index in [1.807, 2.05) is 0 Å². The van der Waals surface area contributed by atoms with E-state index < -0.39 is 14.4 Å². The van der Waals surface area contributed by atoms with Crippen molar-refractivity contribution in [3.8, 4) is 0 Å². The van der Waals surface area contributed by atoms with Crippen LogP contribution in [-0.2, 0) is 9.16 Å². The Bertz CT molecular complexity index is 169. The van der Waals surface area contributed by atoms with Crippen molar-refractivity contribution in [1.82, 2.24) is 0 Å². The van der Waals surface area contributed by atoms with Crippen molar-refractivity contribution in [2.75, 3.05) is 33.5 Å². The van der Waals surface area contributed by atoms with Crippen LogP contribution in [0.2, 0.25) is 18.6 Å². The highest BCUT2D eigenvalue weighted by molar-refractivity contribution is 6.72. The summed E-state index contributed by atoms with van der Waals surface area (Å²) in [6.45, 7) is 2.71. The first-order chi connectivity index (χ1) is 7.58. The summed E-state index contributed by atoms with van der Waals surface area (Å²) in [4.78, 5) is 0. The molecule has 0 saturated carbocycles. The third-order valence-corrected chi connectivity index (χ3v) is 6.33. The fourth-order valence-electron chi connectivity index (χ4n) is 1.39. The van der Waals surface area contributed by atoms with E-state index in [0.717, 1.165) is 18.5 Å². The van der Waals surface area contributed by atoms with Gasteiger partial charge in [0.1, 0.15) is 6.10 Å². The van der Waals surface area contributed by atoms with Crippen LogP contribution in [0.4, 0.5) is 0 Å². The second kappa shape index (κ2) is 9.09. The summed E-state index contributed by atoms with van der Waals surface area (Å²) in [5.41, 5.74) is 0. The van der Waals surface area contributed by atoms with Gasteiger partial charge >= 0.3 is 0 Å². The van der Waals surface area contributed by atoms with Gasteiger partial charge in [-0.3, -0.25) is 0 Å². The van der Waals surface area contributed by atoms with Gasteiger partial charge in [0.05, 0.1) is 13.2 Å². The molecule has 0 saturated heterocycles. The molecule has 0 spiro atoms. The quantitative estimate of drug-likeness (QED) is 0.375. The minimum atomic E-state index is -1.75. The van der Waals surface area contributed by atoms with E-state index in [-0.39, 0.29) is 19.8 Å². The van der Waals surface area contributed by atoms with Crippen LogP contribution in [0, 0.1) is 0 Å². The normalized spacial score (nSPS) is 17.1. The zero-order valence-corrected chi connectivity index (χ0v) is 11.2. The van der Waals surface area contributed by atoms with Crippen molar-refractivity contribution in [3.05, 3.63) is 0 Å². The molecule has 0 aromatic rings. The Hall–Kier alpha value is 0.0169. The molecule has 0 aliphatic carbocycles. The maximum atomic E-state index is 9.02. The van der Waals surface area contributed by atoms with E-state index >= 15 is 0 Å². The molecule has 0 aliphatic heterocycles. The fourth-order valence-corrected chi connectivity index (χ4v) is 3.41. The zero-order valence-electron chi connectivity index (χ0n) is 10.2. The molecule has 0 rings (SSSR count). The predicted octanol–water partition coefficient (Wildman–Crippen LogP) is -0.0397. The van der Waals surface area contributed by atoms with Gasteiger partial charge in [0.15, 0.2) is 8.32 Å². The summed E-state index contributed by atoms with van der Waals surface area (Å²) in [5, 5.41) is 26.5. The minimum absolute atomic E-state index is 0.167. The molecule has 2 atom stereocenters. The van der Waals surface area contributed by atoms with Gasteiger partial charge < -0.3 is 24.5 Å². The highest BCUT2D eigenvalue weighted by atomic mass is 28.4. The molecular formula is C10H24O5Si. The summed E-state index contributed by atoms with van der Waals surface area (Å²) in [7, 11) is -0.0580. The summed E-state index contributed by atoms with van der Waals surface area (Å²) in [5.74, 6) is 0. The van der Waals surface area contributed by atoms with Crippen LogP contribution >= 0.6 is 0 Å². The molecule has 0 radical (unpaired) electrons. The largest absolute Gasteiger partial charge is 0.420 e. The van der Waals surface area contributed by atoms with Gasteiger partial charge in [0, 0.05) is 20.3 Å². The summed E-state index contributed by atoms with van der Waals surface area (Å²) in [6.07, 6.45) is 0.0674.